The molecule has 1 N–H and O–H groups in total. The minimum Gasteiger partial charge on any atom is -0.497 e. The molecule has 0 amide bonds. The van der Waals surface area contributed by atoms with Crippen molar-refractivity contribution in [2.24, 2.45) is 0 Å². The number of hydrogen-bond acceptors (Lipinski definition) is 4. The van der Waals surface area contributed by atoms with E-state index < -0.39 is 13.7 Å². The lowest BCUT2D eigenvalue weighted by Gasteiger charge is -2.40. The molecule has 0 radical (unpaired) electrons. The highest BCUT2D eigenvalue weighted by molar-refractivity contribution is 6.76. The molecule has 0 bridgehead atoms. The van der Waals surface area contributed by atoms with Gasteiger partial charge in [0.05, 0.1) is 27.9 Å². The third kappa shape index (κ3) is 4.24. The first-order chi connectivity index (χ1) is 10.3. The molecule has 1 aromatic rings. The van der Waals surface area contributed by atoms with Gasteiger partial charge in [0.1, 0.15) is 11.5 Å². The Morgan fingerprint density at radius 3 is 1.95 bits per heavy atom. The zero-order valence-corrected chi connectivity index (χ0v) is 15.5. The maximum absolute atomic E-state index is 11.1. The maximum Gasteiger partial charge on any atom is 0.122 e. The number of rotatable bonds is 5. The number of ether oxygens (including phenoxy) is 2. The SMILES string of the molecule is COc1cc(OC)cc(C2(O)CCN(C[Si](C)(C)C)CC2)c1. The van der Waals surface area contributed by atoms with Crippen LogP contribution >= 0.6 is 0 Å². The van der Waals surface area contributed by atoms with E-state index in [1.165, 1.54) is 6.17 Å². The Morgan fingerprint density at radius 1 is 1.05 bits per heavy atom. The molecule has 5 heteroatoms. The van der Waals surface area contributed by atoms with Crippen molar-refractivity contribution in [3.63, 3.8) is 0 Å². The summed E-state index contributed by atoms with van der Waals surface area (Å²) in [5.74, 6) is 1.46. The van der Waals surface area contributed by atoms with Crippen molar-refractivity contribution < 1.29 is 14.6 Å². The van der Waals surface area contributed by atoms with E-state index in [0.717, 1.165) is 43.0 Å². The molecule has 2 rings (SSSR count). The van der Waals surface area contributed by atoms with Crippen molar-refractivity contribution in [3.05, 3.63) is 23.8 Å². The molecule has 0 atom stereocenters. The fraction of sp³-hybridized carbons (Fsp3) is 0.647. The number of piperidine rings is 1. The Balaban J connectivity index is 2.13. The molecule has 0 aliphatic carbocycles. The van der Waals surface area contributed by atoms with Crippen molar-refractivity contribution in [2.75, 3.05) is 33.5 Å². The molecular formula is C17H29NO3Si. The van der Waals surface area contributed by atoms with Crippen LogP contribution in [0.15, 0.2) is 18.2 Å². The van der Waals surface area contributed by atoms with E-state index in [2.05, 4.69) is 24.5 Å². The Morgan fingerprint density at radius 2 is 1.55 bits per heavy atom. The minimum absolute atomic E-state index is 0.729. The second-order valence-corrected chi connectivity index (χ2v) is 12.9. The second-order valence-electron chi connectivity index (χ2n) is 7.47. The van der Waals surface area contributed by atoms with Crippen LogP contribution in [0.3, 0.4) is 0 Å². The molecule has 0 unspecified atom stereocenters. The number of nitrogens with zero attached hydrogens (tertiary/aromatic N) is 1. The maximum atomic E-state index is 11.1. The van der Waals surface area contributed by atoms with Crippen LogP contribution in [0, 0.1) is 0 Å². The number of benzene rings is 1. The van der Waals surface area contributed by atoms with Crippen LogP contribution in [0.1, 0.15) is 18.4 Å². The minimum atomic E-state index is -1.10. The van der Waals surface area contributed by atoms with Crippen LogP contribution in [0.4, 0.5) is 0 Å². The molecule has 124 valence electrons. The van der Waals surface area contributed by atoms with Crippen LogP contribution in [-0.4, -0.2) is 51.6 Å². The highest BCUT2D eigenvalue weighted by Gasteiger charge is 2.35. The summed E-state index contributed by atoms with van der Waals surface area (Å²) in [6.07, 6.45) is 2.71. The van der Waals surface area contributed by atoms with Gasteiger partial charge in [-0.15, -0.1) is 0 Å². The van der Waals surface area contributed by atoms with Gasteiger partial charge in [-0.2, -0.15) is 0 Å². The third-order valence-electron chi connectivity index (χ3n) is 4.27. The topological polar surface area (TPSA) is 41.9 Å². The number of methoxy groups -OCH3 is 2. The highest BCUT2D eigenvalue weighted by Crippen LogP contribution is 2.37. The van der Waals surface area contributed by atoms with Crippen molar-refractivity contribution >= 4 is 8.07 Å². The fourth-order valence-electron chi connectivity index (χ4n) is 3.12. The van der Waals surface area contributed by atoms with E-state index in [-0.39, 0.29) is 0 Å². The standard InChI is InChI=1S/C17H29NO3Si/c1-20-15-10-14(11-16(12-15)21-2)17(19)6-8-18(9-7-17)13-22(3,4)5/h10-12,19H,6-9,13H2,1-5H3. The summed E-state index contributed by atoms with van der Waals surface area (Å²) in [5.41, 5.74) is 0.119. The highest BCUT2D eigenvalue weighted by atomic mass is 28.3. The zero-order chi connectivity index (χ0) is 16.4. The molecule has 1 aliphatic rings. The Labute approximate surface area is 135 Å². The number of aliphatic hydroxyl groups is 1. The fourth-order valence-corrected chi connectivity index (χ4v) is 4.77. The molecule has 0 aromatic heterocycles. The molecular weight excluding hydrogens is 294 g/mol. The smallest absolute Gasteiger partial charge is 0.122 e. The Kier molecular flexibility index (Phi) is 5.20. The average molecular weight is 324 g/mol. The van der Waals surface area contributed by atoms with E-state index in [1.807, 2.05) is 18.2 Å². The van der Waals surface area contributed by atoms with Gasteiger partial charge >= 0.3 is 0 Å². The first-order valence-corrected chi connectivity index (χ1v) is 11.6. The summed E-state index contributed by atoms with van der Waals surface area (Å²) in [7, 11) is 2.18. The Hall–Kier alpha value is -1.04. The molecule has 22 heavy (non-hydrogen) atoms. The van der Waals surface area contributed by atoms with Crippen LogP contribution < -0.4 is 9.47 Å². The van der Waals surface area contributed by atoms with Gasteiger partial charge in [-0.3, -0.25) is 0 Å². The normalized spacial score (nSPS) is 19.0. The second kappa shape index (κ2) is 6.60. The van der Waals surface area contributed by atoms with Crippen LogP contribution in [0.25, 0.3) is 0 Å². The summed E-state index contributed by atoms with van der Waals surface area (Å²) >= 11 is 0. The van der Waals surface area contributed by atoms with E-state index in [4.69, 9.17) is 9.47 Å². The molecule has 0 saturated carbocycles. The lowest BCUT2D eigenvalue weighted by atomic mass is 9.84. The van der Waals surface area contributed by atoms with Gasteiger partial charge in [-0.05, 0) is 36.7 Å². The van der Waals surface area contributed by atoms with E-state index in [1.54, 1.807) is 14.2 Å². The van der Waals surface area contributed by atoms with Crippen molar-refractivity contribution in [1.29, 1.82) is 0 Å². The van der Waals surface area contributed by atoms with Crippen molar-refractivity contribution in [1.82, 2.24) is 4.90 Å². The van der Waals surface area contributed by atoms with Gasteiger partial charge in [-0.25, -0.2) is 0 Å². The van der Waals surface area contributed by atoms with Crippen LogP contribution in [-0.2, 0) is 5.60 Å². The Bertz CT molecular complexity index is 483. The van der Waals surface area contributed by atoms with Crippen LogP contribution in [0.2, 0.25) is 19.6 Å². The van der Waals surface area contributed by atoms with E-state index >= 15 is 0 Å². The van der Waals surface area contributed by atoms with E-state index in [9.17, 15) is 5.11 Å². The molecule has 1 aliphatic heterocycles. The van der Waals surface area contributed by atoms with Gasteiger partial charge in [-0.1, -0.05) is 19.6 Å². The summed E-state index contributed by atoms with van der Waals surface area (Å²) in [4.78, 5) is 2.50. The lowest BCUT2D eigenvalue weighted by Crippen LogP contribution is -2.48. The predicted octanol–water partition coefficient (Wildman–Crippen LogP) is 2.86. The van der Waals surface area contributed by atoms with Crippen LogP contribution in [0.5, 0.6) is 11.5 Å². The van der Waals surface area contributed by atoms with Gasteiger partial charge in [0.25, 0.3) is 0 Å². The van der Waals surface area contributed by atoms with Gasteiger partial charge in [0.15, 0.2) is 0 Å². The van der Waals surface area contributed by atoms with E-state index in [0.29, 0.717) is 0 Å². The summed E-state index contributed by atoms with van der Waals surface area (Å²) in [5, 5.41) is 11.1. The molecule has 1 aromatic carbocycles. The largest absolute Gasteiger partial charge is 0.497 e. The number of likely N-dealkylation sites (tertiary alicyclic amines) is 1. The van der Waals surface area contributed by atoms with Gasteiger partial charge in [0.2, 0.25) is 0 Å². The summed E-state index contributed by atoms with van der Waals surface area (Å²) < 4.78 is 10.6. The summed E-state index contributed by atoms with van der Waals surface area (Å²) in [6.45, 7) is 9.06. The molecule has 1 saturated heterocycles. The first-order valence-electron chi connectivity index (χ1n) is 7.94. The summed E-state index contributed by atoms with van der Waals surface area (Å²) in [6, 6.07) is 5.70. The quantitative estimate of drug-likeness (QED) is 0.846. The predicted molar refractivity (Wildman–Crippen MR) is 92.5 cm³/mol. The lowest BCUT2D eigenvalue weighted by molar-refractivity contribution is -0.0227. The monoisotopic (exact) mass is 323 g/mol. The molecule has 4 nitrogen and oxygen atoms in total. The zero-order valence-electron chi connectivity index (χ0n) is 14.5. The first kappa shape index (κ1) is 17.3. The molecule has 1 heterocycles. The van der Waals surface area contributed by atoms with Gasteiger partial charge < -0.3 is 19.5 Å². The molecule has 1 fully saturated rings. The third-order valence-corrected chi connectivity index (χ3v) is 5.67. The van der Waals surface area contributed by atoms with Crippen molar-refractivity contribution in [2.45, 2.75) is 38.1 Å². The average Bonchev–Trinajstić information content (AvgIpc) is 2.48. The number of hydrogen-bond donors (Lipinski definition) is 1. The molecule has 0 spiro atoms. The van der Waals surface area contributed by atoms with Gasteiger partial charge in [0, 0.05) is 19.2 Å². The van der Waals surface area contributed by atoms with Crippen molar-refractivity contribution in [3.8, 4) is 11.5 Å².